The first-order valence-electron chi connectivity index (χ1n) is 8.04. The number of hydrogen-bond acceptors (Lipinski definition) is 3. The first-order valence-corrected chi connectivity index (χ1v) is 8.04. The van der Waals surface area contributed by atoms with Crippen molar-refractivity contribution in [1.29, 1.82) is 0 Å². The summed E-state index contributed by atoms with van der Waals surface area (Å²) < 4.78 is 6.49. The average molecular weight is 286 g/mol. The molecule has 0 aromatic heterocycles. The molecule has 0 aliphatic carbocycles. The number of piperidine rings is 1. The van der Waals surface area contributed by atoms with Crippen LogP contribution in [0.2, 0.25) is 0 Å². The van der Waals surface area contributed by atoms with Crippen molar-refractivity contribution < 1.29 is 4.74 Å². The van der Waals surface area contributed by atoms with E-state index in [1.165, 1.54) is 16.7 Å². The lowest BCUT2D eigenvalue weighted by Crippen LogP contribution is -2.48. The van der Waals surface area contributed by atoms with Gasteiger partial charge in [0.05, 0.1) is 0 Å². The molecule has 0 atom stereocenters. The number of ether oxygens (including phenoxy) is 1. The number of likely N-dealkylation sites (tertiary alicyclic amines) is 1. The van der Waals surface area contributed by atoms with Crippen LogP contribution in [-0.2, 0) is 0 Å². The topological polar surface area (TPSA) is 38.5 Å². The van der Waals surface area contributed by atoms with E-state index >= 15 is 0 Å². The van der Waals surface area contributed by atoms with Gasteiger partial charge in [0.25, 0.3) is 0 Å². The number of hydrogen-bond donors (Lipinski definition) is 1. The highest BCUT2D eigenvalue weighted by atomic mass is 16.5. The predicted octanol–water partition coefficient (Wildman–Crippen LogP) is 2.89. The Bertz CT molecular complexity index is 542. The Labute approximate surface area is 127 Å². The molecule has 0 amide bonds. The van der Waals surface area contributed by atoms with Crippen molar-refractivity contribution in [1.82, 2.24) is 4.90 Å². The molecule has 0 bridgehead atoms. The fourth-order valence-corrected chi connectivity index (χ4v) is 3.30. The molecule has 1 aromatic rings. The summed E-state index contributed by atoms with van der Waals surface area (Å²) in [6.45, 7) is 8.42. The number of nitrogens with zero attached hydrogens (tertiary/aromatic N) is 1. The molecule has 2 aliphatic heterocycles. The molecule has 21 heavy (non-hydrogen) atoms. The SMILES string of the molecule is Cc1ccc2c(c1C)OC1(C=C2)CCN(CCCN)CC1. The summed E-state index contributed by atoms with van der Waals surface area (Å²) in [5.41, 5.74) is 9.31. The Kier molecular flexibility index (Phi) is 4.05. The molecule has 2 aliphatic rings. The van der Waals surface area contributed by atoms with Gasteiger partial charge >= 0.3 is 0 Å². The van der Waals surface area contributed by atoms with Crippen molar-refractivity contribution >= 4 is 6.08 Å². The van der Waals surface area contributed by atoms with Crippen molar-refractivity contribution in [3.8, 4) is 5.75 Å². The third-order valence-electron chi connectivity index (χ3n) is 4.96. The van der Waals surface area contributed by atoms with Crippen LogP contribution in [0.15, 0.2) is 18.2 Å². The molecule has 3 nitrogen and oxygen atoms in total. The van der Waals surface area contributed by atoms with E-state index in [9.17, 15) is 0 Å². The van der Waals surface area contributed by atoms with Crippen LogP contribution in [0.25, 0.3) is 6.08 Å². The minimum absolute atomic E-state index is 0.0925. The summed E-state index contributed by atoms with van der Waals surface area (Å²) in [5.74, 6) is 1.09. The fourth-order valence-electron chi connectivity index (χ4n) is 3.30. The summed E-state index contributed by atoms with van der Waals surface area (Å²) >= 11 is 0. The van der Waals surface area contributed by atoms with Gasteiger partial charge in [-0.2, -0.15) is 0 Å². The molecule has 2 N–H and O–H groups in total. The van der Waals surface area contributed by atoms with Crippen molar-refractivity contribution in [2.45, 2.75) is 38.7 Å². The second kappa shape index (κ2) is 5.82. The fraction of sp³-hybridized carbons (Fsp3) is 0.556. The zero-order valence-electron chi connectivity index (χ0n) is 13.2. The van der Waals surface area contributed by atoms with E-state index in [-0.39, 0.29) is 5.60 Å². The molecule has 3 heteroatoms. The zero-order valence-corrected chi connectivity index (χ0v) is 13.2. The van der Waals surface area contributed by atoms with Gasteiger partial charge < -0.3 is 15.4 Å². The van der Waals surface area contributed by atoms with Crippen LogP contribution >= 0.6 is 0 Å². The Morgan fingerprint density at radius 2 is 2.00 bits per heavy atom. The van der Waals surface area contributed by atoms with Crippen molar-refractivity contribution in [2.24, 2.45) is 5.73 Å². The third-order valence-corrected chi connectivity index (χ3v) is 4.96. The van der Waals surface area contributed by atoms with Crippen LogP contribution in [-0.4, -0.2) is 36.7 Å². The maximum atomic E-state index is 6.49. The predicted molar refractivity (Wildman–Crippen MR) is 87.7 cm³/mol. The highest BCUT2D eigenvalue weighted by Crippen LogP contribution is 2.39. The van der Waals surface area contributed by atoms with E-state index in [1.807, 2.05) is 0 Å². The lowest BCUT2D eigenvalue weighted by atomic mass is 9.87. The van der Waals surface area contributed by atoms with Gasteiger partial charge in [-0.3, -0.25) is 0 Å². The Hall–Kier alpha value is -1.32. The molecule has 1 aromatic carbocycles. The molecule has 1 fully saturated rings. The third kappa shape index (κ3) is 2.85. The Morgan fingerprint density at radius 1 is 1.24 bits per heavy atom. The van der Waals surface area contributed by atoms with Crippen molar-refractivity contribution in [3.05, 3.63) is 34.9 Å². The number of benzene rings is 1. The second-order valence-corrected chi connectivity index (χ2v) is 6.41. The molecular formula is C18H26N2O. The first kappa shape index (κ1) is 14.6. The Morgan fingerprint density at radius 3 is 2.71 bits per heavy atom. The highest BCUT2D eigenvalue weighted by molar-refractivity contribution is 5.64. The minimum Gasteiger partial charge on any atom is -0.482 e. The molecule has 3 rings (SSSR count). The van der Waals surface area contributed by atoms with E-state index in [4.69, 9.17) is 10.5 Å². The molecule has 2 heterocycles. The van der Waals surface area contributed by atoms with Gasteiger partial charge in [-0.25, -0.2) is 0 Å². The largest absolute Gasteiger partial charge is 0.482 e. The number of aryl methyl sites for hydroxylation is 1. The van der Waals surface area contributed by atoms with Gasteiger partial charge in [0, 0.05) is 31.5 Å². The van der Waals surface area contributed by atoms with Gasteiger partial charge in [-0.05, 0) is 50.6 Å². The number of rotatable bonds is 3. The second-order valence-electron chi connectivity index (χ2n) is 6.41. The molecule has 1 spiro atoms. The van der Waals surface area contributed by atoms with Crippen molar-refractivity contribution in [3.63, 3.8) is 0 Å². The molecule has 0 radical (unpaired) electrons. The van der Waals surface area contributed by atoms with Crippen LogP contribution in [0.3, 0.4) is 0 Å². The molecule has 1 saturated heterocycles. The lowest BCUT2D eigenvalue weighted by molar-refractivity contribution is 0.0380. The van der Waals surface area contributed by atoms with E-state index in [0.29, 0.717) is 0 Å². The van der Waals surface area contributed by atoms with Crippen LogP contribution in [0.1, 0.15) is 36.0 Å². The maximum absolute atomic E-state index is 6.49. The summed E-state index contributed by atoms with van der Waals surface area (Å²) in [6.07, 6.45) is 7.76. The maximum Gasteiger partial charge on any atom is 0.131 e. The van der Waals surface area contributed by atoms with Crippen LogP contribution < -0.4 is 10.5 Å². The van der Waals surface area contributed by atoms with Crippen molar-refractivity contribution in [2.75, 3.05) is 26.2 Å². The summed E-state index contributed by atoms with van der Waals surface area (Å²) in [7, 11) is 0. The van der Waals surface area contributed by atoms with E-state index in [1.54, 1.807) is 0 Å². The first-order chi connectivity index (χ1) is 10.1. The molecule has 114 valence electrons. The van der Waals surface area contributed by atoms with Crippen LogP contribution in [0, 0.1) is 13.8 Å². The van der Waals surface area contributed by atoms with E-state index in [0.717, 1.165) is 51.2 Å². The highest BCUT2D eigenvalue weighted by Gasteiger charge is 2.37. The normalized spacial score (nSPS) is 20.3. The van der Waals surface area contributed by atoms with Gasteiger partial charge in [0.2, 0.25) is 0 Å². The smallest absolute Gasteiger partial charge is 0.131 e. The summed E-state index contributed by atoms with van der Waals surface area (Å²) in [5, 5.41) is 0. The quantitative estimate of drug-likeness (QED) is 0.928. The van der Waals surface area contributed by atoms with Crippen LogP contribution in [0.5, 0.6) is 5.75 Å². The molecule has 0 saturated carbocycles. The average Bonchev–Trinajstić information content (AvgIpc) is 2.51. The standard InChI is InChI=1S/C18H26N2O/c1-14-4-5-16-6-7-18(21-17(16)15(14)2)8-12-20(13-9-18)11-3-10-19/h4-7H,3,8-13,19H2,1-2H3. The van der Waals surface area contributed by atoms with Gasteiger partial charge in [0.1, 0.15) is 11.4 Å². The molecule has 0 unspecified atom stereocenters. The van der Waals surface area contributed by atoms with Gasteiger partial charge in [-0.15, -0.1) is 0 Å². The number of fused-ring (bicyclic) bond motifs is 1. The lowest BCUT2D eigenvalue weighted by Gasteiger charge is -2.42. The number of nitrogens with two attached hydrogens (primary N) is 1. The van der Waals surface area contributed by atoms with Gasteiger partial charge in [-0.1, -0.05) is 18.2 Å². The minimum atomic E-state index is -0.0925. The van der Waals surface area contributed by atoms with E-state index < -0.39 is 0 Å². The monoisotopic (exact) mass is 286 g/mol. The summed E-state index contributed by atoms with van der Waals surface area (Å²) in [4.78, 5) is 2.51. The zero-order chi connectivity index (χ0) is 14.9. The summed E-state index contributed by atoms with van der Waals surface area (Å²) in [6, 6.07) is 4.34. The van der Waals surface area contributed by atoms with Crippen LogP contribution in [0.4, 0.5) is 0 Å². The van der Waals surface area contributed by atoms with Gasteiger partial charge in [0.15, 0.2) is 0 Å². The van der Waals surface area contributed by atoms with E-state index in [2.05, 4.69) is 43.0 Å². The Balaban J connectivity index is 1.73. The molecular weight excluding hydrogens is 260 g/mol.